The average molecular weight is 200 g/mol. The molecule has 0 N–H and O–H groups in total. The van der Waals surface area contributed by atoms with Crippen LogP contribution >= 0.6 is 44.8 Å². The highest BCUT2D eigenvalue weighted by Gasteiger charge is 2.22. The topological polar surface area (TPSA) is 0 Å². The molecule has 0 aromatic carbocycles. The number of alkyl halides is 1. The number of hydrogen-bond donors (Lipinski definition) is 0. The van der Waals surface area contributed by atoms with Gasteiger partial charge in [0.2, 0.25) is 0 Å². The molecule has 0 aliphatic carbocycles. The zero-order chi connectivity index (χ0) is 5.21. The molecule has 5 heteroatoms. The SMILES string of the molecule is C.ClC[Si](Cl)(Cl)Cl. The molecule has 0 nitrogen and oxygen atoms in total. The first kappa shape index (κ1) is 11.2. The van der Waals surface area contributed by atoms with Crippen LogP contribution in [0.5, 0.6) is 0 Å². The summed E-state index contributed by atoms with van der Waals surface area (Å²) in [4.78, 5) is 0. The lowest BCUT2D eigenvalue weighted by molar-refractivity contribution is 2.13. The van der Waals surface area contributed by atoms with Gasteiger partial charge in [0.1, 0.15) is 0 Å². The maximum atomic E-state index is 5.26. The van der Waals surface area contributed by atoms with Gasteiger partial charge in [-0.25, -0.2) is 0 Å². The van der Waals surface area contributed by atoms with Crippen LogP contribution < -0.4 is 0 Å². The lowest BCUT2D eigenvalue weighted by atomic mass is 11.9. The van der Waals surface area contributed by atoms with Gasteiger partial charge in [-0.15, -0.1) is 44.8 Å². The average Bonchev–Trinajstić information content (AvgIpc) is 1.35. The summed E-state index contributed by atoms with van der Waals surface area (Å²) in [6.07, 6.45) is 0. The summed E-state index contributed by atoms with van der Waals surface area (Å²) in [5.74, 6) is 0. The lowest BCUT2D eigenvalue weighted by Crippen LogP contribution is -2.10. The molecule has 0 bridgehead atoms. The third-order valence-electron chi connectivity index (χ3n) is 0.152. The van der Waals surface area contributed by atoms with E-state index in [1.165, 1.54) is 0 Å². The molecule has 0 amide bonds. The fraction of sp³-hybridized carbons (Fsp3) is 1.00. The van der Waals surface area contributed by atoms with Gasteiger partial charge in [0.25, 0.3) is 0 Å². The molecule has 0 aliphatic rings. The van der Waals surface area contributed by atoms with Gasteiger partial charge >= 0.3 is 6.00 Å². The molecule has 0 aromatic rings. The van der Waals surface area contributed by atoms with Gasteiger partial charge in [-0.3, -0.25) is 0 Å². The quantitative estimate of drug-likeness (QED) is 0.346. The fourth-order valence-electron chi connectivity index (χ4n) is 0. The molecule has 0 saturated carbocycles. The van der Waals surface area contributed by atoms with E-state index in [4.69, 9.17) is 44.8 Å². The van der Waals surface area contributed by atoms with Crippen LogP contribution in [-0.2, 0) is 0 Å². The van der Waals surface area contributed by atoms with E-state index in [9.17, 15) is 0 Å². The van der Waals surface area contributed by atoms with Crippen LogP contribution in [0.3, 0.4) is 0 Å². The van der Waals surface area contributed by atoms with E-state index < -0.39 is 6.00 Å². The Balaban J connectivity index is 0. The Kier molecular flexibility index (Phi) is 6.85. The summed E-state index contributed by atoms with van der Waals surface area (Å²) in [5.41, 5.74) is 0.178. The van der Waals surface area contributed by atoms with Crippen LogP contribution in [-0.4, -0.2) is 11.5 Å². The Morgan fingerprint density at radius 1 is 1.14 bits per heavy atom. The van der Waals surface area contributed by atoms with Crippen molar-refractivity contribution >= 4 is 50.8 Å². The van der Waals surface area contributed by atoms with Crippen LogP contribution in [0.1, 0.15) is 7.43 Å². The van der Waals surface area contributed by atoms with Gasteiger partial charge in [-0.1, -0.05) is 7.43 Å². The van der Waals surface area contributed by atoms with E-state index in [0.717, 1.165) is 0 Å². The molecule has 46 valence electrons. The third kappa shape index (κ3) is 11.1. The molecule has 0 saturated heterocycles. The van der Waals surface area contributed by atoms with E-state index >= 15 is 0 Å². The highest BCUT2D eigenvalue weighted by Crippen LogP contribution is 2.20. The smallest absolute Gasteiger partial charge is 0.126 e. The van der Waals surface area contributed by atoms with E-state index in [1.807, 2.05) is 0 Å². The first-order chi connectivity index (χ1) is 2.56. The normalized spacial score (nSPS) is 10.3. The van der Waals surface area contributed by atoms with Crippen molar-refractivity contribution in [3.63, 3.8) is 0 Å². The summed E-state index contributed by atoms with van der Waals surface area (Å²) in [6, 6.07) is -2.45. The highest BCUT2D eigenvalue weighted by atomic mass is 35.8. The molecular formula is C2H6Cl4Si. The zero-order valence-corrected chi connectivity index (χ0v) is 6.74. The molecule has 0 unspecified atom stereocenters. The van der Waals surface area contributed by atoms with Crippen molar-refractivity contribution in [2.75, 3.05) is 5.50 Å². The third-order valence-corrected chi connectivity index (χ3v) is 4.09. The number of hydrogen-bond acceptors (Lipinski definition) is 0. The Labute approximate surface area is 63.8 Å². The van der Waals surface area contributed by atoms with Gasteiger partial charge in [-0.05, 0) is 0 Å². The second-order valence-corrected chi connectivity index (χ2v) is 10.6. The summed E-state index contributed by atoms with van der Waals surface area (Å²) >= 11 is 20.9. The van der Waals surface area contributed by atoms with E-state index in [-0.39, 0.29) is 12.9 Å². The van der Waals surface area contributed by atoms with Gasteiger partial charge in [0.05, 0.1) is 5.50 Å². The van der Waals surface area contributed by atoms with Gasteiger partial charge in [0, 0.05) is 0 Å². The van der Waals surface area contributed by atoms with Crippen molar-refractivity contribution in [1.82, 2.24) is 0 Å². The Bertz CT molecular complexity index is 39.4. The second-order valence-electron chi connectivity index (χ2n) is 0.749. The summed E-state index contributed by atoms with van der Waals surface area (Å²) in [7, 11) is 0. The minimum Gasteiger partial charge on any atom is -0.126 e. The molecule has 0 heterocycles. The minimum atomic E-state index is -2.45. The Morgan fingerprint density at radius 2 is 1.29 bits per heavy atom. The van der Waals surface area contributed by atoms with E-state index in [0.29, 0.717) is 0 Å². The van der Waals surface area contributed by atoms with Crippen molar-refractivity contribution in [3.05, 3.63) is 0 Å². The highest BCUT2D eigenvalue weighted by molar-refractivity contribution is 7.65. The maximum Gasteiger partial charge on any atom is 0.355 e. The van der Waals surface area contributed by atoms with Gasteiger partial charge in [-0.2, -0.15) is 0 Å². The molecule has 0 radical (unpaired) electrons. The van der Waals surface area contributed by atoms with Gasteiger partial charge in [0.15, 0.2) is 0 Å². The molecule has 7 heavy (non-hydrogen) atoms. The predicted molar refractivity (Wildman–Crippen MR) is 40.8 cm³/mol. The van der Waals surface area contributed by atoms with Crippen molar-refractivity contribution in [2.45, 2.75) is 7.43 Å². The van der Waals surface area contributed by atoms with Crippen molar-refractivity contribution in [2.24, 2.45) is 0 Å². The summed E-state index contributed by atoms with van der Waals surface area (Å²) in [6.45, 7) is 0. The monoisotopic (exact) mass is 198 g/mol. The zero-order valence-electron chi connectivity index (χ0n) is 2.72. The van der Waals surface area contributed by atoms with E-state index in [1.54, 1.807) is 0 Å². The molecule has 0 aromatic heterocycles. The number of rotatable bonds is 1. The molecular weight excluding hydrogens is 194 g/mol. The molecule has 0 atom stereocenters. The van der Waals surface area contributed by atoms with Crippen molar-refractivity contribution < 1.29 is 0 Å². The van der Waals surface area contributed by atoms with Crippen molar-refractivity contribution in [3.8, 4) is 0 Å². The molecule has 0 spiro atoms. The van der Waals surface area contributed by atoms with Crippen LogP contribution in [0.15, 0.2) is 0 Å². The maximum absolute atomic E-state index is 5.26. The fourth-order valence-corrected chi connectivity index (χ4v) is 0. The lowest BCUT2D eigenvalue weighted by Gasteiger charge is -1.96. The second kappa shape index (κ2) is 4.27. The van der Waals surface area contributed by atoms with Crippen molar-refractivity contribution in [1.29, 1.82) is 0 Å². The van der Waals surface area contributed by atoms with Crippen LogP contribution in [0.25, 0.3) is 0 Å². The minimum absolute atomic E-state index is 0. The first-order valence-corrected chi connectivity index (χ1v) is 6.96. The number of halogens is 4. The van der Waals surface area contributed by atoms with Crippen LogP contribution in [0, 0.1) is 0 Å². The largest absolute Gasteiger partial charge is 0.355 e. The first-order valence-electron chi connectivity index (χ1n) is 1.19. The Hall–Kier alpha value is 1.38. The molecule has 0 aliphatic heterocycles. The van der Waals surface area contributed by atoms with Crippen LogP contribution in [0.4, 0.5) is 0 Å². The summed E-state index contributed by atoms with van der Waals surface area (Å²) in [5, 5.41) is 0. The molecule has 0 rings (SSSR count). The molecule has 0 fully saturated rings. The van der Waals surface area contributed by atoms with E-state index in [2.05, 4.69) is 0 Å². The predicted octanol–water partition coefficient (Wildman–Crippen LogP) is 3.06. The summed E-state index contributed by atoms with van der Waals surface area (Å²) < 4.78 is 0. The standard InChI is InChI=1S/CH2Cl4Si.CH4/c2-1-6(3,4)5;/h1H2;1H4. The van der Waals surface area contributed by atoms with Gasteiger partial charge < -0.3 is 0 Å². The van der Waals surface area contributed by atoms with Crippen LogP contribution in [0.2, 0.25) is 0 Å². The Morgan fingerprint density at radius 3 is 1.29 bits per heavy atom.